The number of methoxy groups -OCH3 is 1. The van der Waals surface area contributed by atoms with Gasteiger partial charge in [0, 0.05) is 47.2 Å². The molecule has 1 aliphatic carbocycles. The van der Waals surface area contributed by atoms with Gasteiger partial charge in [-0.15, -0.1) is 0 Å². The lowest BCUT2D eigenvalue weighted by Gasteiger charge is -2.35. The summed E-state index contributed by atoms with van der Waals surface area (Å²) in [5.74, 6) is 1.62. The summed E-state index contributed by atoms with van der Waals surface area (Å²) in [6.45, 7) is 1.91. The number of aryl methyl sites for hydroxylation is 1. The topological polar surface area (TPSA) is 141 Å². The van der Waals surface area contributed by atoms with Crippen molar-refractivity contribution in [1.82, 2.24) is 5.32 Å². The molecule has 7 rings (SSSR count). The molecule has 2 aliphatic heterocycles. The Kier molecular flexibility index (Phi) is 12.9. The largest absolute Gasteiger partial charge is 0.508 e. The highest BCUT2D eigenvalue weighted by Crippen LogP contribution is 2.47. The number of carbonyl (C=O) groups is 1. The second kappa shape index (κ2) is 17.6. The summed E-state index contributed by atoms with van der Waals surface area (Å²) in [6, 6.07) is 18.8. The van der Waals surface area contributed by atoms with E-state index in [1.807, 2.05) is 71.1 Å². The van der Waals surface area contributed by atoms with Crippen LogP contribution in [0.1, 0.15) is 73.9 Å². The standard InChI is InChI=1S/C41H50N2O7S2/c1-24(45)21-43-36-16-9-28(18-29(36)22-44)41(42-2)50-38-20-31(47)12-5-27-10-17-37(48)40(49-3)39(27)33-15-8-25-4-11-30(46)19-34(25)35(33)23-51-52-32-13-6-26(38)7-14-32/h4,8-11,15-19,24,26,32,38,41-46,48H,5-7,12-14,20-23H2,1-3H3/t24-,26?,32?,38-,41+/m0/s1. The van der Waals surface area contributed by atoms with Gasteiger partial charge in [-0.3, -0.25) is 10.1 Å². The summed E-state index contributed by atoms with van der Waals surface area (Å²) in [5.41, 5.74) is 5.97. The third kappa shape index (κ3) is 8.84. The number of carbonyl (C=O) groups excluding carboxylic acids is 1. The minimum Gasteiger partial charge on any atom is -0.508 e. The molecule has 0 spiro atoms. The summed E-state index contributed by atoms with van der Waals surface area (Å²) in [7, 11) is 7.12. The summed E-state index contributed by atoms with van der Waals surface area (Å²) in [5, 5.41) is 50.3. The number of nitrogens with one attached hydrogen (secondary N) is 2. The van der Waals surface area contributed by atoms with Gasteiger partial charge in [0.15, 0.2) is 11.5 Å². The number of benzene rings is 4. The number of rotatable bonds is 9. The van der Waals surface area contributed by atoms with Crippen LogP contribution in [0.5, 0.6) is 17.2 Å². The number of anilines is 1. The van der Waals surface area contributed by atoms with Crippen LogP contribution in [0.3, 0.4) is 0 Å². The van der Waals surface area contributed by atoms with E-state index in [4.69, 9.17) is 9.47 Å². The lowest BCUT2D eigenvalue weighted by atomic mass is 9.82. The Morgan fingerprint density at radius 2 is 1.77 bits per heavy atom. The number of aromatic hydroxyl groups is 2. The lowest BCUT2D eigenvalue weighted by molar-refractivity contribution is -0.127. The Morgan fingerprint density at radius 1 is 0.981 bits per heavy atom. The monoisotopic (exact) mass is 746 g/mol. The van der Waals surface area contributed by atoms with Gasteiger partial charge >= 0.3 is 0 Å². The molecule has 0 radical (unpaired) electrons. The Labute approximate surface area is 313 Å². The molecular formula is C41H50N2O7S2. The molecule has 1 saturated carbocycles. The first kappa shape index (κ1) is 38.3. The minimum absolute atomic E-state index is 0.0333. The Balaban J connectivity index is 1.32. The first-order valence-electron chi connectivity index (χ1n) is 18.1. The number of Topliss-reactive ketones (excluding diaryl/α,β-unsaturated/α-hetero) is 1. The predicted molar refractivity (Wildman–Crippen MR) is 211 cm³/mol. The number of phenolic OH excluding ortho intramolecular Hbond substituents is 2. The molecule has 52 heavy (non-hydrogen) atoms. The van der Waals surface area contributed by atoms with Crippen molar-refractivity contribution >= 4 is 43.8 Å². The van der Waals surface area contributed by atoms with E-state index in [0.717, 1.165) is 70.0 Å². The van der Waals surface area contributed by atoms with Gasteiger partial charge in [0.1, 0.15) is 17.8 Å². The molecule has 4 aromatic rings. The van der Waals surface area contributed by atoms with E-state index in [1.165, 1.54) is 0 Å². The molecule has 11 heteroatoms. The highest BCUT2D eigenvalue weighted by Gasteiger charge is 2.33. The summed E-state index contributed by atoms with van der Waals surface area (Å²) < 4.78 is 12.6. The second-order valence-corrected chi connectivity index (χ2v) is 16.6. The first-order chi connectivity index (χ1) is 25.2. The van der Waals surface area contributed by atoms with Crippen LogP contribution < -0.4 is 15.4 Å². The molecule has 1 fully saturated rings. The summed E-state index contributed by atoms with van der Waals surface area (Å²) >= 11 is 0. The van der Waals surface area contributed by atoms with Crippen LogP contribution in [0.15, 0.2) is 60.7 Å². The highest BCUT2D eigenvalue weighted by atomic mass is 33.1. The fraction of sp³-hybridized carbons (Fsp3) is 0.439. The minimum atomic E-state index is -0.526. The van der Waals surface area contributed by atoms with Crippen LogP contribution in [0.25, 0.3) is 21.9 Å². The smallest absolute Gasteiger partial charge is 0.168 e. The van der Waals surface area contributed by atoms with Crippen molar-refractivity contribution in [3.63, 3.8) is 0 Å². The van der Waals surface area contributed by atoms with Crippen LogP contribution in [0.4, 0.5) is 5.69 Å². The van der Waals surface area contributed by atoms with Crippen LogP contribution in [-0.4, -0.2) is 64.4 Å². The number of ether oxygens (including phenoxy) is 2. The summed E-state index contributed by atoms with van der Waals surface area (Å²) in [6.07, 6.45) is 3.69. The molecule has 2 bridgehead atoms. The molecule has 0 saturated heterocycles. The Hall–Kier alpha value is -3.45. The third-order valence-electron chi connectivity index (χ3n) is 10.3. The number of aliphatic hydroxyl groups is 2. The molecule has 3 aliphatic rings. The summed E-state index contributed by atoms with van der Waals surface area (Å²) in [4.78, 5) is 13.9. The fourth-order valence-corrected chi connectivity index (χ4v) is 10.4. The number of ketones is 1. The van der Waals surface area contributed by atoms with Gasteiger partial charge in [0.2, 0.25) is 0 Å². The fourth-order valence-electron chi connectivity index (χ4n) is 7.58. The zero-order valence-electron chi connectivity index (χ0n) is 30.1. The molecule has 6 N–H and O–H groups in total. The van der Waals surface area contributed by atoms with Gasteiger partial charge in [-0.25, -0.2) is 0 Å². The second-order valence-electron chi connectivity index (χ2n) is 13.9. The normalized spacial score (nSPS) is 20.9. The molecule has 3 atom stereocenters. The van der Waals surface area contributed by atoms with E-state index in [-0.39, 0.29) is 42.3 Å². The molecule has 9 nitrogen and oxygen atoms in total. The average molecular weight is 747 g/mol. The third-order valence-corrected chi connectivity index (χ3v) is 13.2. The average Bonchev–Trinajstić information content (AvgIpc) is 3.15. The Bertz CT molecular complexity index is 1860. The van der Waals surface area contributed by atoms with Crippen molar-refractivity contribution in [3.05, 3.63) is 82.9 Å². The maximum absolute atomic E-state index is 13.9. The van der Waals surface area contributed by atoms with Crippen LogP contribution in [0.2, 0.25) is 0 Å². The van der Waals surface area contributed by atoms with Gasteiger partial charge in [0.05, 0.1) is 25.9 Å². The SMILES string of the molecule is CN[C@H](O[C@H]1CC(=O)CCc2ccc(O)c(OC)c2-c2ccc3ccc(O)cc3c2CSSC2CCC1CC2)c1ccc(NC[C@H](C)O)c(CO)c1. The predicted octanol–water partition coefficient (Wildman–Crippen LogP) is 7.86. The van der Waals surface area contributed by atoms with Gasteiger partial charge in [-0.05, 0) is 115 Å². The number of hydrogen-bond donors (Lipinski definition) is 6. The quantitative estimate of drug-likeness (QED) is 0.0737. The zero-order valence-corrected chi connectivity index (χ0v) is 31.7. The number of fused-ring (bicyclic) bond motifs is 9. The maximum atomic E-state index is 13.9. The zero-order chi connectivity index (χ0) is 36.8. The molecule has 2 heterocycles. The van der Waals surface area contributed by atoms with Crippen molar-refractivity contribution in [1.29, 1.82) is 0 Å². The van der Waals surface area contributed by atoms with Crippen molar-refractivity contribution in [2.24, 2.45) is 5.92 Å². The molecular weight excluding hydrogens is 697 g/mol. The van der Waals surface area contributed by atoms with E-state index < -0.39 is 12.3 Å². The maximum Gasteiger partial charge on any atom is 0.168 e. The van der Waals surface area contributed by atoms with E-state index >= 15 is 0 Å². The van der Waals surface area contributed by atoms with Crippen molar-refractivity contribution in [3.8, 4) is 28.4 Å². The van der Waals surface area contributed by atoms with Crippen LogP contribution in [-0.2, 0) is 28.3 Å². The molecule has 0 unspecified atom stereocenters. The van der Waals surface area contributed by atoms with Crippen molar-refractivity contribution < 1.29 is 34.7 Å². The number of aliphatic hydroxyl groups excluding tert-OH is 2. The van der Waals surface area contributed by atoms with Crippen LogP contribution in [0, 0.1) is 5.92 Å². The van der Waals surface area contributed by atoms with E-state index in [0.29, 0.717) is 41.7 Å². The molecule has 4 aromatic carbocycles. The van der Waals surface area contributed by atoms with Gasteiger partial charge < -0.3 is 35.2 Å². The van der Waals surface area contributed by atoms with E-state index in [1.54, 1.807) is 26.2 Å². The van der Waals surface area contributed by atoms with Crippen molar-refractivity contribution in [2.75, 3.05) is 26.0 Å². The Morgan fingerprint density at radius 3 is 2.50 bits per heavy atom. The lowest BCUT2D eigenvalue weighted by Crippen LogP contribution is -2.35. The van der Waals surface area contributed by atoms with Gasteiger partial charge in [0.25, 0.3) is 0 Å². The van der Waals surface area contributed by atoms with Crippen LogP contribution >= 0.6 is 21.6 Å². The van der Waals surface area contributed by atoms with Crippen molar-refractivity contribution in [2.45, 2.75) is 87.9 Å². The molecule has 278 valence electrons. The number of hydrogen-bond acceptors (Lipinski definition) is 11. The highest BCUT2D eigenvalue weighted by molar-refractivity contribution is 8.76. The van der Waals surface area contributed by atoms with E-state index in [9.17, 15) is 25.2 Å². The van der Waals surface area contributed by atoms with Gasteiger partial charge in [-0.2, -0.15) is 0 Å². The van der Waals surface area contributed by atoms with Gasteiger partial charge in [-0.1, -0.05) is 51.9 Å². The molecule has 0 aromatic heterocycles. The van der Waals surface area contributed by atoms with E-state index in [2.05, 4.69) is 16.7 Å². The molecule has 0 amide bonds. The number of phenols is 2. The first-order valence-corrected chi connectivity index (χ1v) is 20.5.